The van der Waals surface area contributed by atoms with Gasteiger partial charge in [-0.15, -0.1) is 11.3 Å². The number of rotatable bonds is 3. The van der Waals surface area contributed by atoms with Crippen molar-refractivity contribution in [1.29, 1.82) is 0 Å². The molecule has 0 saturated heterocycles. The lowest BCUT2D eigenvalue weighted by molar-refractivity contribution is 0.0929. The zero-order chi connectivity index (χ0) is 21.5. The number of thiophene rings is 1. The summed E-state index contributed by atoms with van der Waals surface area (Å²) < 4.78 is 6.60. The Kier molecular flexibility index (Phi) is 5.57. The Labute approximate surface area is 198 Å². The molecule has 1 aliphatic rings. The SMILES string of the molecule is O=C(N[C@H]1CCOc2ccccc21)c1sc2c(-c3cccc(Cl)c3Cl)cccc2c1Cl. The number of amides is 1. The van der Waals surface area contributed by atoms with Crippen LogP contribution in [-0.2, 0) is 0 Å². The molecule has 3 nitrogen and oxygen atoms in total. The highest BCUT2D eigenvalue weighted by Gasteiger charge is 2.26. The largest absolute Gasteiger partial charge is 0.493 e. The first-order chi connectivity index (χ1) is 15.0. The van der Waals surface area contributed by atoms with E-state index in [0.717, 1.165) is 32.5 Å². The number of carbonyl (C=O) groups excluding carboxylic acids is 1. The molecule has 1 N–H and O–H groups in total. The van der Waals surface area contributed by atoms with Gasteiger partial charge in [0.2, 0.25) is 0 Å². The Balaban J connectivity index is 1.54. The zero-order valence-corrected chi connectivity index (χ0v) is 19.2. The summed E-state index contributed by atoms with van der Waals surface area (Å²) in [6.45, 7) is 0.555. The maximum atomic E-state index is 13.2. The van der Waals surface area contributed by atoms with Crippen LogP contribution in [0.5, 0.6) is 5.75 Å². The number of halogens is 3. The number of benzene rings is 3. The van der Waals surface area contributed by atoms with Crippen molar-refractivity contribution in [3.8, 4) is 16.9 Å². The van der Waals surface area contributed by atoms with E-state index in [2.05, 4.69) is 5.32 Å². The molecule has 5 rings (SSSR count). The summed E-state index contributed by atoms with van der Waals surface area (Å²) in [5.41, 5.74) is 2.68. The molecule has 0 spiro atoms. The van der Waals surface area contributed by atoms with E-state index in [-0.39, 0.29) is 11.9 Å². The number of hydrogen-bond acceptors (Lipinski definition) is 3. The fraction of sp³-hybridized carbons (Fsp3) is 0.125. The van der Waals surface area contributed by atoms with E-state index in [1.54, 1.807) is 6.07 Å². The van der Waals surface area contributed by atoms with Crippen molar-refractivity contribution in [2.75, 3.05) is 6.61 Å². The van der Waals surface area contributed by atoms with Crippen LogP contribution in [0, 0.1) is 0 Å². The molecule has 7 heteroatoms. The first-order valence-electron chi connectivity index (χ1n) is 9.72. The first-order valence-corrected chi connectivity index (χ1v) is 11.7. The quantitative estimate of drug-likeness (QED) is 0.320. The van der Waals surface area contributed by atoms with Gasteiger partial charge in [-0.1, -0.05) is 83.3 Å². The number of nitrogens with one attached hydrogen (secondary N) is 1. The molecule has 4 aromatic rings. The third-order valence-electron chi connectivity index (χ3n) is 5.37. The standard InChI is InChI=1S/C24H16Cl3NO2S/c25-17-9-4-6-13(20(17)26)14-7-3-8-16-21(27)23(31-22(14)16)24(29)28-18-11-12-30-19-10-2-1-5-15(18)19/h1-10,18H,11-12H2,(H,28,29)/t18-/m0/s1. The summed E-state index contributed by atoms with van der Waals surface area (Å²) in [4.78, 5) is 13.7. The van der Waals surface area contributed by atoms with E-state index >= 15 is 0 Å². The lowest BCUT2D eigenvalue weighted by atomic mass is 10.0. The highest BCUT2D eigenvalue weighted by atomic mass is 35.5. The number of fused-ring (bicyclic) bond motifs is 2. The van der Waals surface area contributed by atoms with Crippen molar-refractivity contribution in [3.63, 3.8) is 0 Å². The topological polar surface area (TPSA) is 38.3 Å². The number of hydrogen-bond donors (Lipinski definition) is 1. The van der Waals surface area contributed by atoms with Gasteiger partial charge in [-0.2, -0.15) is 0 Å². The first kappa shape index (κ1) is 20.7. The molecule has 2 heterocycles. The summed E-state index contributed by atoms with van der Waals surface area (Å²) in [6, 6.07) is 18.9. The van der Waals surface area contributed by atoms with E-state index in [1.807, 2.05) is 54.6 Å². The van der Waals surface area contributed by atoms with Crippen molar-refractivity contribution in [3.05, 3.63) is 86.2 Å². The lowest BCUT2D eigenvalue weighted by Crippen LogP contribution is -2.31. The van der Waals surface area contributed by atoms with Crippen molar-refractivity contribution in [2.24, 2.45) is 0 Å². The van der Waals surface area contributed by atoms with Gasteiger partial charge in [0.25, 0.3) is 5.91 Å². The second-order valence-electron chi connectivity index (χ2n) is 7.23. The van der Waals surface area contributed by atoms with E-state index in [4.69, 9.17) is 39.5 Å². The molecule has 3 aromatic carbocycles. The molecule has 0 fully saturated rings. The highest BCUT2D eigenvalue weighted by molar-refractivity contribution is 7.22. The molecule has 0 aliphatic carbocycles. The molecule has 0 bridgehead atoms. The Hall–Kier alpha value is -2.24. The number of para-hydroxylation sites is 1. The molecule has 1 aliphatic heterocycles. The van der Waals surface area contributed by atoms with E-state index in [1.165, 1.54) is 11.3 Å². The highest BCUT2D eigenvalue weighted by Crippen LogP contribution is 2.44. The van der Waals surface area contributed by atoms with Gasteiger partial charge in [-0.25, -0.2) is 0 Å². The monoisotopic (exact) mass is 487 g/mol. The number of carbonyl (C=O) groups is 1. The second-order valence-corrected chi connectivity index (χ2v) is 9.41. The maximum Gasteiger partial charge on any atom is 0.263 e. The minimum atomic E-state index is -0.198. The molecule has 1 atom stereocenters. The molecule has 0 saturated carbocycles. The van der Waals surface area contributed by atoms with Gasteiger partial charge in [0, 0.05) is 33.2 Å². The minimum absolute atomic E-state index is 0.124. The summed E-state index contributed by atoms with van der Waals surface area (Å²) >= 11 is 20.7. The van der Waals surface area contributed by atoms with Crippen LogP contribution in [0.3, 0.4) is 0 Å². The van der Waals surface area contributed by atoms with Gasteiger partial charge < -0.3 is 10.1 Å². The molecule has 156 valence electrons. The Morgan fingerprint density at radius 2 is 1.71 bits per heavy atom. The normalized spacial score (nSPS) is 15.4. The third kappa shape index (κ3) is 3.68. The van der Waals surface area contributed by atoms with Gasteiger partial charge in [0.05, 0.1) is 27.7 Å². The fourth-order valence-electron chi connectivity index (χ4n) is 3.87. The predicted molar refractivity (Wildman–Crippen MR) is 129 cm³/mol. The Morgan fingerprint density at radius 1 is 0.935 bits per heavy atom. The van der Waals surface area contributed by atoms with Crippen LogP contribution in [0.1, 0.15) is 27.7 Å². The fourth-order valence-corrected chi connectivity index (χ4v) is 5.82. The maximum absolute atomic E-state index is 13.2. The van der Waals surface area contributed by atoms with Gasteiger partial charge >= 0.3 is 0 Å². The van der Waals surface area contributed by atoms with Crippen molar-refractivity contribution in [2.45, 2.75) is 12.5 Å². The van der Waals surface area contributed by atoms with Gasteiger partial charge in [-0.05, 0) is 12.1 Å². The zero-order valence-electron chi connectivity index (χ0n) is 16.1. The molecular formula is C24H16Cl3NO2S. The van der Waals surface area contributed by atoms with E-state index in [9.17, 15) is 4.79 Å². The molecule has 0 radical (unpaired) electrons. The molecule has 31 heavy (non-hydrogen) atoms. The minimum Gasteiger partial charge on any atom is -0.493 e. The Bertz CT molecular complexity index is 1320. The average Bonchev–Trinajstić information content (AvgIpc) is 3.13. The summed E-state index contributed by atoms with van der Waals surface area (Å²) in [5, 5.41) is 5.35. The van der Waals surface area contributed by atoms with Crippen LogP contribution in [0.4, 0.5) is 0 Å². The van der Waals surface area contributed by atoms with Crippen LogP contribution < -0.4 is 10.1 Å². The van der Waals surface area contributed by atoms with Crippen molar-refractivity contribution >= 4 is 62.1 Å². The van der Waals surface area contributed by atoms with Crippen LogP contribution in [0.2, 0.25) is 15.1 Å². The van der Waals surface area contributed by atoms with Crippen LogP contribution in [-0.4, -0.2) is 12.5 Å². The Morgan fingerprint density at radius 3 is 2.58 bits per heavy atom. The smallest absolute Gasteiger partial charge is 0.263 e. The van der Waals surface area contributed by atoms with Crippen molar-refractivity contribution < 1.29 is 9.53 Å². The van der Waals surface area contributed by atoms with E-state index in [0.29, 0.717) is 33.0 Å². The third-order valence-corrected chi connectivity index (χ3v) is 7.93. The summed E-state index contributed by atoms with van der Waals surface area (Å²) in [7, 11) is 0. The molecular weight excluding hydrogens is 473 g/mol. The number of ether oxygens (including phenoxy) is 1. The van der Waals surface area contributed by atoms with Crippen LogP contribution in [0.25, 0.3) is 21.2 Å². The second kappa shape index (κ2) is 8.36. The van der Waals surface area contributed by atoms with E-state index < -0.39 is 0 Å². The summed E-state index contributed by atoms with van der Waals surface area (Å²) in [6.07, 6.45) is 0.703. The van der Waals surface area contributed by atoms with Crippen molar-refractivity contribution in [1.82, 2.24) is 5.32 Å². The van der Waals surface area contributed by atoms with Gasteiger partial charge in [-0.3, -0.25) is 4.79 Å². The summed E-state index contributed by atoms with van der Waals surface area (Å²) in [5.74, 6) is 0.607. The molecule has 1 aromatic heterocycles. The van der Waals surface area contributed by atoms with Gasteiger partial charge in [0.1, 0.15) is 10.6 Å². The molecule has 0 unspecified atom stereocenters. The lowest BCUT2D eigenvalue weighted by Gasteiger charge is -2.26. The predicted octanol–water partition coefficient (Wildman–Crippen LogP) is 7.78. The van der Waals surface area contributed by atoms with Gasteiger partial charge in [0.15, 0.2) is 0 Å². The average molecular weight is 489 g/mol. The van der Waals surface area contributed by atoms with Crippen LogP contribution in [0.15, 0.2) is 60.7 Å². The molecule has 1 amide bonds. The van der Waals surface area contributed by atoms with Crippen LogP contribution >= 0.6 is 46.1 Å².